The molecule has 0 spiro atoms. The van der Waals surface area contributed by atoms with Crippen LogP contribution in [0.3, 0.4) is 0 Å². The second kappa shape index (κ2) is 13.5. The highest BCUT2D eigenvalue weighted by molar-refractivity contribution is 5.95. The molecule has 0 aliphatic carbocycles. The van der Waals surface area contributed by atoms with Gasteiger partial charge in [-0.15, -0.1) is 0 Å². The van der Waals surface area contributed by atoms with Gasteiger partial charge >= 0.3 is 11.9 Å². The van der Waals surface area contributed by atoms with E-state index in [-0.39, 0.29) is 18.4 Å². The van der Waals surface area contributed by atoms with Crippen molar-refractivity contribution in [2.75, 3.05) is 38.1 Å². The van der Waals surface area contributed by atoms with Crippen LogP contribution in [-0.4, -0.2) is 81.5 Å². The first kappa shape index (κ1) is 29.2. The van der Waals surface area contributed by atoms with Gasteiger partial charge in [-0.25, -0.2) is 9.59 Å². The lowest BCUT2D eigenvalue weighted by Crippen LogP contribution is -2.49. The number of aromatic nitrogens is 1. The molecule has 1 fully saturated rings. The van der Waals surface area contributed by atoms with E-state index < -0.39 is 11.9 Å². The quantitative estimate of drug-likeness (QED) is 0.371. The molecule has 3 heterocycles. The third kappa shape index (κ3) is 8.12. The average Bonchev–Trinajstić information content (AvgIpc) is 2.96. The van der Waals surface area contributed by atoms with E-state index in [9.17, 15) is 19.2 Å². The number of amides is 2. The van der Waals surface area contributed by atoms with Crippen LogP contribution in [0.15, 0.2) is 60.7 Å². The van der Waals surface area contributed by atoms with Crippen molar-refractivity contribution < 1.29 is 34.1 Å². The molecule has 3 aromatic rings. The highest BCUT2D eigenvalue weighted by atomic mass is 16.5. The number of aryl methyl sites for hydroxylation is 1. The summed E-state index contributed by atoms with van der Waals surface area (Å²) in [6, 6.07) is 16.2. The Balaban J connectivity index is 0.000000426. The molecular formula is C30H32N4O7. The van der Waals surface area contributed by atoms with E-state index in [0.717, 1.165) is 53.0 Å². The van der Waals surface area contributed by atoms with Gasteiger partial charge in [0.05, 0.1) is 16.9 Å². The van der Waals surface area contributed by atoms with Crippen LogP contribution in [0.1, 0.15) is 23.2 Å². The van der Waals surface area contributed by atoms with Crippen molar-refractivity contribution >= 4 is 40.3 Å². The van der Waals surface area contributed by atoms with Gasteiger partial charge in [0.2, 0.25) is 5.91 Å². The minimum Gasteiger partial charge on any atom is -0.483 e. The van der Waals surface area contributed by atoms with Crippen LogP contribution < -0.4 is 10.1 Å². The fraction of sp³-hybridized carbons (Fsp3) is 0.300. The number of carbonyl (C=O) groups excluding carboxylic acids is 2. The van der Waals surface area contributed by atoms with Crippen molar-refractivity contribution in [3.63, 3.8) is 0 Å². The molecule has 214 valence electrons. The Morgan fingerprint density at radius 2 is 1.66 bits per heavy atom. The smallest absolute Gasteiger partial charge is 0.328 e. The Labute approximate surface area is 237 Å². The molecule has 1 saturated heterocycles. The van der Waals surface area contributed by atoms with E-state index in [1.54, 1.807) is 0 Å². The largest absolute Gasteiger partial charge is 0.483 e. The van der Waals surface area contributed by atoms with Gasteiger partial charge in [0.15, 0.2) is 6.61 Å². The number of benzene rings is 2. The normalized spacial score (nSPS) is 15.0. The number of hydrogen-bond acceptors (Lipinski definition) is 7. The van der Waals surface area contributed by atoms with Crippen LogP contribution in [0.2, 0.25) is 0 Å². The molecule has 41 heavy (non-hydrogen) atoms. The first-order chi connectivity index (χ1) is 19.7. The third-order valence-electron chi connectivity index (χ3n) is 6.83. The van der Waals surface area contributed by atoms with E-state index in [0.29, 0.717) is 43.8 Å². The van der Waals surface area contributed by atoms with Crippen LogP contribution in [0, 0.1) is 6.92 Å². The van der Waals surface area contributed by atoms with Gasteiger partial charge in [0.25, 0.3) is 5.91 Å². The summed E-state index contributed by atoms with van der Waals surface area (Å²) in [6.45, 7) is 5.74. The van der Waals surface area contributed by atoms with Crippen molar-refractivity contribution in [2.45, 2.75) is 26.3 Å². The fourth-order valence-electron chi connectivity index (χ4n) is 4.70. The molecule has 2 aromatic carbocycles. The van der Waals surface area contributed by atoms with Crippen molar-refractivity contribution in [1.82, 2.24) is 14.8 Å². The van der Waals surface area contributed by atoms with E-state index in [2.05, 4.69) is 28.4 Å². The summed E-state index contributed by atoms with van der Waals surface area (Å²) in [5.74, 6) is -1.81. The predicted octanol–water partition coefficient (Wildman–Crippen LogP) is 2.86. The third-order valence-corrected chi connectivity index (χ3v) is 6.83. The lowest BCUT2D eigenvalue weighted by molar-refractivity contribution is -0.135. The number of carboxylic acid groups (broad SMARTS) is 2. The van der Waals surface area contributed by atoms with Crippen LogP contribution in [0.5, 0.6) is 5.75 Å². The summed E-state index contributed by atoms with van der Waals surface area (Å²) in [4.78, 5) is 52.6. The lowest BCUT2D eigenvalue weighted by atomic mass is 9.98. The molecular weight excluding hydrogens is 528 g/mol. The molecule has 2 aliphatic rings. The average molecular weight is 561 g/mol. The van der Waals surface area contributed by atoms with Gasteiger partial charge in [0, 0.05) is 62.2 Å². The van der Waals surface area contributed by atoms with Crippen LogP contribution in [-0.2, 0) is 32.1 Å². The molecule has 5 rings (SSSR count). The van der Waals surface area contributed by atoms with Crippen LogP contribution >= 0.6 is 0 Å². The van der Waals surface area contributed by atoms with Crippen molar-refractivity contribution in [3.8, 4) is 5.75 Å². The van der Waals surface area contributed by atoms with E-state index >= 15 is 0 Å². The maximum atomic E-state index is 12.8. The van der Waals surface area contributed by atoms with Gasteiger partial charge in [0.1, 0.15) is 5.75 Å². The number of anilines is 1. The first-order valence-electron chi connectivity index (χ1n) is 13.2. The number of hydrogen-bond donors (Lipinski definition) is 3. The zero-order valence-electron chi connectivity index (χ0n) is 22.7. The Hall–Kier alpha value is -4.77. The maximum absolute atomic E-state index is 12.8. The standard InChI is InChI=1S/C26H28N4O3.C4H4O4/c1-18-6-10-23(21-9-11-24(31)28-26(18)21)33-17-25(32)30-14-12-29(13-15-30)16-20-8-7-19-4-2-3-5-22(19)27-20;5-3(6)1-2-4(7)8/h2-8,10H,9,11-17H2,1H3,(H,28,31);1-2H,(H,5,6)(H,7,8). The molecule has 11 nitrogen and oxygen atoms in total. The molecule has 2 amide bonds. The minimum atomic E-state index is -1.26. The van der Waals surface area contributed by atoms with E-state index in [4.69, 9.17) is 19.9 Å². The Morgan fingerprint density at radius 3 is 2.37 bits per heavy atom. The Morgan fingerprint density at radius 1 is 0.951 bits per heavy atom. The number of aliphatic carboxylic acids is 2. The molecule has 11 heteroatoms. The molecule has 0 radical (unpaired) electrons. The lowest BCUT2D eigenvalue weighted by Gasteiger charge is -2.34. The second-order valence-electron chi connectivity index (χ2n) is 9.73. The zero-order chi connectivity index (χ0) is 29.4. The van der Waals surface area contributed by atoms with Crippen molar-refractivity contribution in [3.05, 3.63) is 77.5 Å². The van der Waals surface area contributed by atoms with E-state index in [1.807, 2.05) is 42.2 Å². The van der Waals surface area contributed by atoms with Gasteiger partial charge in [-0.3, -0.25) is 19.5 Å². The molecule has 1 aromatic heterocycles. The van der Waals surface area contributed by atoms with Crippen LogP contribution in [0.25, 0.3) is 10.9 Å². The summed E-state index contributed by atoms with van der Waals surface area (Å²) < 4.78 is 5.91. The van der Waals surface area contributed by atoms with Gasteiger partial charge < -0.3 is 25.2 Å². The summed E-state index contributed by atoms with van der Waals surface area (Å²) in [6.07, 6.45) is 2.19. The predicted molar refractivity (Wildman–Crippen MR) is 152 cm³/mol. The minimum absolute atomic E-state index is 0.00681. The summed E-state index contributed by atoms with van der Waals surface area (Å²) >= 11 is 0. The summed E-state index contributed by atoms with van der Waals surface area (Å²) in [7, 11) is 0. The number of fused-ring (bicyclic) bond motifs is 2. The first-order valence-corrected chi connectivity index (χ1v) is 13.2. The number of ether oxygens (including phenoxy) is 1. The molecule has 3 N–H and O–H groups in total. The molecule has 0 unspecified atom stereocenters. The van der Waals surface area contributed by atoms with Crippen molar-refractivity contribution in [2.24, 2.45) is 0 Å². The number of carbonyl (C=O) groups is 4. The number of para-hydroxylation sites is 1. The number of piperazine rings is 1. The fourth-order valence-corrected chi connectivity index (χ4v) is 4.70. The van der Waals surface area contributed by atoms with E-state index in [1.165, 1.54) is 0 Å². The zero-order valence-corrected chi connectivity index (χ0v) is 22.7. The highest BCUT2D eigenvalue weighted by Crippen LogP contribution is 2.34. The Kier molecular flexibility index (Phi) is 9.64. The van der Waals surface area contributed by atoms with Gasteiger partial charge in [-0.2, -0.15) is 0 Å². The number of pyridine rings is 1. The number of carboxylic acids is 2. The molecule has 0 atom stereocenters. The SMILES string of the molecule is Cc1ccc(OCC(=O)N2CCN(Cc3ccc4ccccc4n3)CC2)c2c1NC(=O)CC2.O=C(O)C=CC(=O)O. The molecule has 0 saturated carbocycles. The summed E-state index contributed by atoms with van der Waals surface area (Å²) in [5, 5.41) is 19.7. The maximum Gasteiger partial charge on any atom is 0.328 e. The Bertz CT molecular complexity index is 1460. The van der Waals surface area contributed by atoms with Gasteiger partial charge in [-0.05, 0) is 37.1 Å². The summed E-state index contributed by atoms with van der Waals surface area (Å²) in [5.41, 5.74) is 4.88. The topological polar surface area (TPSA) is 149 Å². The van der Waals surface area contributed by atoms with Crippen LogP contribution in [0.4, 0.5) is 5.69 Å². The number of nitrogens with zero attached hydrogens (tertiary/aromatic N) is 3. The van der Waals surface area contributed by atoms with Gasteiger partial charge in [-0.1, -0.05) is 30.3 Å². The molecule has 2 aliphatic heterocycles. The van der Waals surface area contributed by atoms with Crippen molar-refractivity contribution in [1.29, 1.82) is 0 Å². The second-order valence-corrected chi connectivity index (χ2v) is 9.73. The molecule has 0 bridgehead atoms. The number of rotatable bonds is 7. The monoisotopic (exact) mass is 560 g/mol. The number of nitrogens with one attached hydrogen (secondary N) is 1. The highest BCUT2D eigenvalue weighted by Gasteiger charge is 2.24.